The molecular weight excluding hydrogens is 338 g/mol. The Labute approximate surface area is 159 Å². The van der Waals surface area contributed by atoms with Crippen LogP contribution < -0.4 is 0 Å². The summed E-state index contributed by atoms with van der Waals surface area (Å²) in [6.07, 6.45) is 6.82. The Balaban J connectivity index is 1.38. The van der Waals surface area contributed by atoms with E-state index in [1.165, 1.54) is 0 Å². The molecule has 0 radical (unpaired) electrons. The molecule has 5 rings (SSSR count). The molecule has 1 aromatic carbocycles. The van der Waals surface area contributed by atoms with Crippen LogP contribution >= 0.6 is 0 Å². The quantitative estimate of drug-likeness (QED) is 0.762. The van der Waals surface area contributed by atoms with Gasteiger partial charge in [0.15, 0.2) is 0 Å². The minimum absolute atomic E-state index is 0.134. The molecule has 4 heteroatoms. The lowest BCUT2D eigenvalue weighted by atomic mass is 9.73. The number of hydrogen-bond donors (Lipinski definition) is 0. The molecule has 4 atom stereocenters. The molecule has 4 nitrogen and oxygen atoms in total. The Morgan fingerprint density at radius 3 is 2.81 bits per heavy atom. The van der Waals surface area contributed by atoms with E-state index in [0.29, 0.717) is 18.4 Å². The molecule has 0 bridgehead atoms. The third kappa shape index (κ3) is 2.62. The molecular formula is C23H23NO3. The van der Waals surface area contributed by atoms with E-state index in [4.69, 9.17) is 9.47 Å². The van der Waals surface area contributed by atoms with E-state index in [1.54, 1.807) is 0 Å². The summed E-state index contributed by atoms with van der Waals surface area (Å²) in [5, 5.41) is 0. The SMILES string of the molecule is C[C@@H]1C=C2C(=O)O[C@@H]3CCC(C1)[C@]23OCc1ccc(-c2ccccc2)nc1. The van der Waals surface area contributed by atoms with Gasteiger partial charge >= 0.3 is 5.97 Å². The van der Waals surface area contributed by atoms with Gasteiger partial charge in [-0.1, -0.05) is 49.4 Å². The highest BCUT2D eigenvalue weighted by atomic mass is 16.6. The van der Waals surface area contributed by atoms with Crippen molar-refractivity contribution in [1.82, 2.24) is 4.98 Å². The van der Waals surface area contributed by atoms with Gasteiger partial charge in [-0.3, -0.25) is 4.98 Å². The van der Waals surface area contributed by atoms with Crippen molar-refractivity contribution >= 4 is 5.97 Å². The van der Waals surface area contributed by atoms with E-state index in [9.17, 15) is 4.79 Å². The highest BCUT2D eigenvalue weighted by Crippen LogP contribution is 2.55. The van der Waals surface area contributed by atoms with Crippen LogP contribution in [-0.2, 0) is 20.9 Å². The van der Waals surface area contributed by atoms with Crippen LogP contribution in [0.1, 0.15) is 31.7 Å². The monoisotopic (exact) mass is 361 g/mol. The average molecular weight is 361 g/mol. The average Bonchev–Trinajstić information content (AvgIpc) is 3.18. The molecule has 2 heterocycles. The Kier molecular flexibility index (Phi) is 3.90. The molecule has 1 unspecified atom stereocenters. The van der Waals surface area contributed by atoms with E-state index in [2.05, 4.69) is 36.2 Å². The first-order valence-electron chi connectivity index (χ1n) is 9.74. The smallest absolute Gasteiger partial charge is 0.337 e. The highest BCUT2D eigenvalue weighted by Gasteiger charge is 2.63. The molecule has 1 saturated heterocycles. The molecule has 1 aromatic heterocycles. The summed E-state index contributed by atoms with van der Waals surface area (Å²) in [5.41, 5.74) is 3.26. The second kappa shape index (κ2) is 6.31. The highest BCUT2D eigenvalue weighted by molar-refractivity contribution is 5.94. The van der Waals surface area contributed by atoms with Crippen LogP contribution in [0.2, 0.25) is 0 Å². The normalized spacial score (nSPS) is 31.4. The number of pyridine rings is 1. The van der Waals surface area contributed by atoms with E-state index < -0.39 is 5.60 Å². The number of ether oxygens (including phenoxy) is 2. The van der Waals surface area contributed by atoms with Gasteiger partial charge in [0.25, 0.3) is 0 Å². The molecule has 2 fully saturated rings. The first-order chi connectivity index (χ1) is 13.2. The lowest BCUT2D eigenvalue weighted by molar-refractivity contribution is -0.142. The summed E-state index contributed by atoms with van der Waals surface area (Å²) in [6.45, 7) is 2.61. The van der Waals surface area contributed by atoms with Gasteiger partial charge in [0.1, 0.15) is 11.7 Å². The van der Waals surface area contributed by atoms with Gasteiger partial charge in [-0.15, -0.1) is 0 Å². The standard InChI is InChI=1S/C23H23NO3/c1-15-11-18-8-10-21-23(18,19(12-15)22(25)27-21)26-14-16-7-9-20(24-13-16)17-5-3-2-4-6-17/h2-7,9,12-13,15,18,21H,8,10-11,14H2,1H3/t15-,18?,21+,23-/m0/s1. The summed E-state index contributed by atoms with van der Waals surface area (Å²) in [5.74, 6) is 0.576. The minimum atomic E-state index is -0.554. The van der Waals surface area contributed by atoms with Crippen LogP contribution in [0.3, 0.4) is 0 Å². The molecule has 1 saturated carbocycles. The maximum atomic E-state index is 12.4. The van der Waals surface area contributed by atoms with Gasteiger partial charge in [0, 0.05) is 11.8 Å². The van der Waals surface area contributed by atoms with E-state index >= 15 is 0 Å². The van der Waals surface area contributed by atoms with Gasteiger partial charge in [-0.2, -0.15) is 0 Å². The summed E-state index contributed by atoms with van der Waals surface area (Å²) in [6, 6.07) is 14.2. The second-order valence-electron chi connectivity index (χ2n) is 7.96. The maximum absolute atomic E-state index is 12.4. The van der Waals surface area contributed by atoms with Crippen LogP contribution in [0.15, 0.2) is 60.3 Å². The third-order valence-electron chi connectivity index (χ3n) is 6.23. The number of aromatic nitrogens is 1. The van der Waals surface area contributed by atoms with E-state index in [0.717, 1.165) is 41.7 Å². The predicted octanol–water partition coefficient (Wildman–Crippen LogP) is 4.31. The number of carbonyl (C=O) groups is 1. The zero-order valence-corrected chi connectivity index (χ0v) is 15.4. The first-order valence-corrected chi connectivity index (χ1v) is 9.74. The van der Waals surface area contributed by atoms with Crippen molar-refractivity contribution in [3.05, 3.63) is 65.9 Å². The predicted molar refractivity (Wildman–Crippen MR) is 102 cm³/mol. The lowest BCUT2D eigenvalue weighted by Crippen LogP contribution is -2.46. The van der Waals surface area contributed by atoms with E-state index in [1.807, 2.05) is 30.5 Å². The van der Waals surface area contributed by atoms with Crippen molar-refractivity contribution < 1.29 is 14.3 Å². The zero-order valence-electron chi connectivity index (χ0n) is 15.4. The molecule has 2 aromatic rings. The number of esters is 1. The fraction of sp³-hybridized carbons (Fsp3) is 0.391. The van der Waals surface area contributed by atoms with Gasteiger partial charge in [-0.05, 0) is 42.7 Å². The largest absolute Gasteiger partial charge is 0.455 e. The fourth-order valence-corrected chi connectivity index (χ4v) is 5.01. The molecule has 3 aliphatic rings. The fourth-order valence-electron chi connectivity index (χ4n) is 5.01. The van der Waals surface area contributed by atoms with Crippen LogP contribution in [0.4, 0.5) is 0 Å². The molecule has 0 amide bonds. The molecule has 2 aliphatic carbocycles. The van der Waals surface area contributed by atoms with Gasteiger partial charge < -0.3 is 9.47 Å². The van der Waals surface area contributed by atoms with E-state index in [-0.39, 0.29) is 12.1 Å². The topological polar surface area (TPSA) is 48.4 Å². The third-order valence-corrected chi connectivity index (χ3v) is 6.23. The van der Waals surface area contributed by atoms with Crippen LogP contribution in [0.5, 0.6) is 0 Å². The Morgan fingerprint density at radius 1 is 1.19 bits per heavy atom. The number of nitrogens with zero attached hydrogens (tertiary/aromatic N) is 1. The summed E-state index contributed by atoms with van der Waals surface area (Å²) in [4.78, 5) is 17.0. The van der Waals surface area contributed by atoms with Crippen molar-refractivity contribution in [2.24, 2.45) is 11.8 Å². The number of benzene rings is 1. The molecule has 138 valence electrons. The van der Waals surface area contributed by atoms with Crippen LogP contribution in [0.25, 0.3) is 11.3 Å². The van der Waals surface area contributed by atoms with Crippen molar-refractivity contribution in [3.63, 3.8) is 0 Å². The number of allylic oxidation sites excluding steroid dienone is 1. The number of carbonyl (C=O) groups excluding carboxylic acids is 1. The molecule has 27 heavy (non-hydrogen) atoms. The lowest BCUT2D eigenvalue weighted by Gasteiger charge is -2.38. The molecule has 0 spiro atoms. The van der Waals surface area contributed by atoms with Gasteiger partial charge in [0.05, 0.1) is 17.9 Å². The number of hydrogen-bond acceptors (Lipinski definition) is 4. The Bertz CT molecular complexity index is 890. The van der Waals surface area contributed by atoms with Gasteiger partial charge in [0.2, 0.25) is 0 Å². The summed E-state index contributed by atoms with van der Waals surface area (Å²) in [7, 11) is 0. The molecule has 1 aliphatic heterocycles. The van der Waals surface area contributed by atoms with Crippen molar-refractivity contribution in [3.8, 4) is 11.3 Å². The summed E-state index contributed by atoms with van der Waals surface area (Å²) < 4.78 is 12.1. The Hall–Kier alpha value is -2.46. The Morgan fingerprint density at radius 2 is 2.04 bits per heavy atom. The maximum Gasteiger partial charge on any atom is 0.337 e. The second-order valence-corrected chi connectivity index (χ2v) is 7.96. The van der Waals surface area contributed by atoms with Crippen LogP contribution in [0, 0.1) is 11.8 Å². The van der Waals surface area contributed by atoms with Crippen molar-refractivity contribution in [2.75, 3.05) is 0 Å². The first kappa shape index (κ1) is 16.7. The number of rotatable bonds is 4. The van der Waals surface area contributed by atoms with Gasteiger partial charge in [-0.25, -0.2) is 4.79 Å². The zero-order chi connectivity index (χ0) is 18.4. The van der Waals surface area contributed by atoms with Crippen LogP contribution in [-0.4, -0.2) is 22.7 Å². The van der Waals surface area contributed by atoms with Crippen molar-refractivity contribution in [1.29, 1.82) is 0 Å². The molecule has 0 N–H and O–H groups in total. The van der Waals surface area contributed by atoms with Crippen molar-refractivity contribution in [2.45, 2.75) is 44.5 Å². The minimum Gasteiger partial charge on any atom is -0.455 e. The summed E-state index contributed by atoms with van der Waals surface area (Å²) >= 11 is 0.